The predicted molar refractivity (Wildman–Crippen MR) is 101 cm³/mol. The van der Waals surface area contributed by atoms with E-state index in [1.807, 2.05) is 0 Å². The smallest absolute Gasteiger partial charge is 0.349 e. The number of carbonyl (C=O) groups is 3. The molecule has 0 spiro atoms. The number of rotatable bonds is 6. The first-order valence-corrected chi connectivity index (χ1v) is 10.0. The van der Waals surface area contributed by atoms with Crippen LogP contribution in [0.5, 0.6) is 0 Å². The zero-order valence-electron chi connectivity index (χ0n) is 14.8. The summed E-state index contributed by atoms with van der Waals surface area (Å²) in [5.41, 5.74) is -0.406. The fourth-order valence-electron chi connectivity index (χ4n) is 2.14. The highest BCUT2D eigenvalue weighted by Gasteiger charge is 2.28. The van der Waals surface area contributed by atoms with Gasteiger partial charge in [0.2, 0.25) is 0 Å². The average Bonchev–Trinajstić information content (AvgIpc) is 3.08. The number of ether oxygens (including phenoxy) is 3. The minimum atomic E-state index is -4.38. The number of thiophene rings is 1. The zero-order valence-corrected chi connectivity index (χ0v) is 17.2. The summed E-state index contributed by atoms with van der Waals surface area (Å²) in [4.78, 5) is 34.9. The minimum absolute atomic E-state index is 0.00982. The number of methoxy groups -OCH3 is 3. The van der Waals surface area contributed by atoms with Gasteiger partial charge in [-0.15, -0.1) is 11.3 Å². The lowest BCUT2D eigenvalue weighted by molar-refractivity contribution is 0.0587. The Labute approximate surface area is 169 Å². The van der Waals surface area contributed by atoms with E-state index in [1.165, 1.54) is 12.1 Å². The summed E-state index contributed by atoms with van der Waals surface area (Å²) in [5.74, 6) is -2.48. The molecular formula is C16H14ClNO8S2. The van der Waals surface area contributed by atoms with Gasteiger partial charge in [0.25, 0.3) is 10.0 Å². The maximum Gasteiger partial charge on any atom is 0.349 e. The Morgan fingerprint density at radius 2 is 1.57 bits per heavy atom. The molecule has 2 aromatic rings. The first-order valence-electron chi connectivity index (χ1n) is 7.35. The first kappa shape index (κ1) is 21.7. The zero-order chi connectivity index (χ0) is 21.1. The number of halogens is 1. The van der Waals surface area contributed by atoms with E-state index in [0.29, 0.717) is 0 Å². The van der Waals surface area contributed by atoms with Gasteiger partial charge >= 0.3 is 17.9 Å². The van der Waals surface area contributed by atoms with Gasteiger partial charge in [0, 0.05) is 0 Å². The van der Waals surface area contributed by atoms with Gasteiger partial charge < -0.3 is 14.2 Å². The Bertz CT molecular complexity index is 1040. The molecule has 0 aliphatic heterocycles. The van der Waals surface area contributed by atoms with Crippen LogP contribution in [0, 0.1) is 0 Å². The summed E-state index contributed by atoms with van der Waals surface area (Å²) in [6.45, 7) is 0. The highest BCUT2D eigenvalue weighted by molar-refractivity contribution is 7.93. The molecule has 0 bridgehead atoms. The Balaban J connectivity index is 2.58. The number of benzene rings is 1. The van der Waals surface area contributed by atoms with Gasteiger partial charge in [-0.1, -0.05) is 11.6 Å². The lowest BCUT2D eigenvalue weighted by atomic mass is 10.1. The summed E-state index contributed by atoms with van der Waals surface area (Å²) < 4.78 is 41.7. The van der Waals surface area contributed by atoms with Crippen LogP contribution in [0.2, 0.25) is 4.34 Å². The van der Waals surface area contributed by atoms with Crippen molar-refractivity contribution in [2.45, 2.75) is 4.90 Å². The van der Waals surface area contributed by atoms with Crippen molar-refractivity contribution in [3.05, 3.63) is 44.6 Å². The lowest BCUT2D eigenvalue weighted by Crippen LogP contribution is -2.18. The summed E-state index contributed by atoms with van der Waals surface area (Å²) in [7, 11) is -1.02. The fourth-order valence-corrected chi connectivity index (χ4v) is 4.94. The van der Waals surface area contributed by atoms with Crippen molar-refractivity contribution >= 4 is 56.6 Å². The van der Waals surface area contributed by atoms with Gasteiger partial charge in [0.05, 0.1) is 42.5 Å². The van der Waals surface area contributed by atoms with Crippen LogP contribution >= 0.6 is 22.9 Å². The van der Waals surface area contributed by atoms with Crippen LogP contribution in [0.4, 0.5) is 5.69 Å². The Kier molecular flexibility index (Phi) is 6.65. The first-order chi connectivity index (χ1) is 13.1. The maximum atomic E-state index is 12.8. The van der Waals surface area contributed by atoms with Crippen LogP contribution in [0.15, 0.2) is 29.2 Å². The molecule has 0 aliphatic rings. The summed E-state index contributed by atoms with van der Waals surface area (Å²) >= 11 is 6.57. The molecule has 0 saturated carbocycles. The molecule has 150 valence electrons. The third-order valence-electron chi connectivity index (χ3n) is 3.42. The van der Waals surface area contributed by atoms with E-state index in [-0.39, 0.29) is 26.0 Å². The van der Waals surface area contributed by atoms with Crippen LogP contribution in [0.25, 0.3) is 0 Å². The second-order valence-electron chi connectivity index (χ2n) is 5.08. The largest absolute Gasteiger partial charge is 0.465 e. The molecule has 0 fully saturated rings. The van der Waals surface area contributed by atoms with Crippen molar-refractivity contribution in [1.82, 2.24) is 0 Å². The normalized spacial score (nSPS) is 10.9. The molecule has 0 saturated heterocycles. The molecule has 1 N–H and O–H groups in total. The quantitative estimate of drug-likeness (QED) is 0.529. The van der Waals surface area contributed by atoms with Crippen molar-refractivity contribution in [3.8, 4) is 0 Å². The Morgan fingerprint density at radius 1 is 0.964 bits per heavy atom. The van der Waals surface area contributed by atoms with Gasteiger partial charge in [0.1, 0.15) is 9.77 Å². The van der Waals surface area contributed by atoms with E-state index < -0.39 is 32.8 Å². The Morgan fingerprint density at radius 3 is 2.14 bits per heavy atom. The topological polar surface area (TPSA) is 125 Å². The van der Waals surface area contributed by atoms with E-state index in [4.69, 9.17) is 11.6 Å². The second kappa shape index (κ2) is 8.59. The standard InChI is InChI=1S/C16H14ClNO8S2/c1-24-14(19)8-4-5-9(15(20)25-2)10(6-8)18-28(22,23)11-7-12(17)27-13(11)16(21)26-3/h4-7,18H,1-3H3. The van der Waals surface area contributed by atoms with E-state index in [9.17, 15) is 22.8 Å². The number of nitrogens with one attached hydrogen (secondary N) is 1. The summed E-state index contributed by atoms with van der Waals surface area (Å²) in [5, 5.41) is 0. The number of hydrogen-bond acceptors (Lipinski definition) is 9. The number of sulfonamides is 1. The van der Waals surface area contributed by atoms with Crippen molar-refractivity contribution in [2.75, 3.05) is 26.1 Å². The molecule has 2 rings (SSSR count). The van der Waals surface area contributed by atoms with Crippen LogP contribution in [-0.2, 0) is 24.2 Å². The van der Waals surface area contributed by atoms with E-state index in [2.05, 4.69) is 18.9 Å². The lowest BCUT2D eigenvalue weighted by Gasteiger charge is -2.13. The molecule has 1 aromatic heterocycles. The fraction of sp³-hybridized carbons (Fsp3) is 0.188. The molecule has 0 unspecified atom stereocenters. The number of esters is 3. The van der Waals surface area contributed by atoms with Crippen molar-refractivity contribution in [3.63, 3.8) is 0 Å². The molecule has 0 radical (unpaired) electrons. The van der Waals surface area contributed by atoms with Crippen molar-refractivity contribution in [1.29, 1.82) is 0 Å². The highest BCUT2D eigenvalue weighted by atomic mass is 35.5. The number of anilines is 1. The van der Waals surface area contributed by atoms with Crippen LogP contribution in [0.3, 0.4) is 0 Å². The molecule has 0 amide bonds. The van der Waals surface area contributed by atoms with Gasteiger partial charge in [0.15, 0.2) is 0 Å². The third kappa shape index (κ3) is 4.43. The molecule has 1 aromatic carbocycles. The highest BCUT2D eigenvalue weighted by Crippen LogP contribution is 2.32. The van der Waals surface area contributed by atoms with Gasteiger partial charge in [-0.3, -0.25) is 4.72 Å². The summed E-state index contributed by atoms with van der Waals surface area (Å²) in [6.07, 6.45) is 0. The molecule has 0 atom stereocenters. The van der Waals surface area contributed by atoms with Crippen molar-refractivity contribution in [2.24, 2.45) is 0 Å². The van der Waals surface area contributed by atoms with E-state index >= 15 is 0 Å². The summed E-state index contributed by atoms with van der Waals surface area (Å²) in [6, 6.07) is 4.67. The SMILES string of the molecule is COC(=O)c1ccc(C(=O)OC)c(NS(=O)(=O)c2cc(Cl)sc2C(=O)OC)c1. The third-order valence-corrected chi connectivity index (χ3v) is 6.18. The maximum absolute atomic E-state index is 12.8. The van der Waals surface area contributed by atoms with Gasteiger partial charge in [-0.25, -0.2) is 22.8 Å². The van der Waals surface area contributed by atoms with Crippen molar-refractivity contribution < 1.29 is 37.0 Å². The molecule has 12 heteroatoms. The molecule has 28 heavy (non-hydrogen) atoms. The monoisotopic (exact) mass is 447 g/mol. The Hall–Kier alpha value is -2.63. The van der Waals surface area contributed by atoms with E-state index in [1.54, 1.807) is 0 Å². The molecule has 1 heterocycles. The predicted octanol–water partition coefficient (Wildman–Crippen LogP) is 2.56. The van der Waals surface area contributed by atoms with E-state index in [0.717, 1.165) is 44.8 Å². The minimum Gasteiger partial charge on any atom is -0.465 e. The van der Waals surface area contributed by atoms with Crippen LogP contribution in [-0.4, -0.2) is 47.7 Å². The van der Waals surface area contributed by atoms with Gasteiger partial charge in [-0.05, 0) is 24.3 Å². The van der Waals surface area contributed by atoms with Crippen LogP contribution < -0.4 is 4.72 Å². The van der Waals surface area contributed by atoms with Gasteiger partial charge in [-0.2, -0.15) is 0 Å². The molecule has 0 aliphatic carbocycles. The number of hydrogen-bond donors (Lipinski definition) is 1. The number of carbonyl (C=O) groups excluding carboxylic acids is 3. The second-order valence-corrected chi connectivity index (χ2v) is 8.42. The average molecular weight is 448 g/mol. The van der Waals surface area contributed by atoms with Crippen LogP contribution in [0.1, 0.15) is 30.4 Å². The molecular weight excluding hydrogens is 434 g/mol. The molecule has 9 nitrogen and oxygen atoms in total.